The van der Waals surface area contributed by atoms with Crippen LogP contribution in [0.25, 0.3) is 0 Å². The van der Waals surface area contributed by atoms with Gasteiger partial charge < -0.3 is 15.1 Å². The van der Waals surface area contributed by atoms with E-state index in [9.17, 15) is 14.4 Å². The molecule has 3 aliphatic rings. The lowest BCUT2D eigenvalue weighted by atomic mass is 9.74. The molecule has 0 bridgehead atoms. The Bertz CT molecular complexity index is 1120. The number of rotatable bonds is 6. The minimum absolute atomic E-state index is 0.0508. The highest BCUT2D eigenvalue weighted by atomic mass is 16.2. The molecule has 0 radical (unpaired) electrons. The number of piperazine rings is 1. The molecule has 2 aromatic rings. The largest absolute Gasteiger partial charge is 0.353 e. The Kier molecular flexibility index (Phi) is 7.12. The van der Waals surface area contributed by atoms with Gasteiger partial charge in [0.2, 0.25) is 11.8 Å². The molecule has 0 atom stereocenters. The fourth-order valence-electron chi connectivity index (χ4n) is 5.99. The van der Waals surface area contributed by atoms with Crippen molar-refractivity contribution < 1.29 is 14.4 Å². The average Bonchev–Trinajstić information content (AvgIpc) is 3.26. The van der Waals surface area contributed by atoms with Gasteiger partial charge in [-0.1, -0.05) is 56.5 Å². The number of nitrogens with one attached hydrogen (secondary N) is 1. The van der Waals surface area contributed by atoms with E-state index in [0.717, 1.165) is 56.3 Å². The molecule has 1 aromatic heterocycles. The van der Waals surface area contributed by atoms with E-state index in [1.807, 2.05) is 15.6 Å². The first kappa shape index (κ1) is 24.5. The molecule has 1 N–H and O–H groups in total. The highest BCUT2D eigenvalue weighted by Crippen LogP contribution is 2.38. The van der Waals surface area contributed by atoms with Crippen molar-refractivity contribution in [1.29, 1.82) is 0 Å². The average molecular weight is 492 g/mol. The summed E-state index contributed by atoms with van der Waals surface area (Å²) in [5.41, 5.74) is 3.31. The summed E-state index contributed by atoms with van der Waals surface area (Å²) in [7, 11) is 0. The van der Waals surface area contributed by atoms with Crippen molar-refractivity contribution in [3.8, 4) is 0 Å². The van der Waals surface area contributed by atoms with Crippen LogP contribution in [-0.2, 0) is 35.5 Å². The van der Waals surface area contributed by atoms with Crippen LogP contribution in [0, 0.1) is 5.41 Å². The van der Waals surface area contributed by atoms with E-state index in [1.165, 1.54) is 12.0 Å². The molecule has 1 aromatic carbocycles. The Morgan fingerprint density at radius 1 is 1.03 bits per heavy atom. The summed E-state index contributed by atoms with van der Waals surface area (Å²) < 4.78 is 1.99. The molecule has 2 aliphatic heterocycles. The third kappa shape index (κ3) is 5.04. The minimum Gasteiger partial charge on any atom is -0.353 e. The topological polar surface area (TPSA) is 87.5 Å². The molecule has 3 amide bonds. The Morgan fingerprint density at radius 3 is 2.56 bits per heavy atom. The van der Waals surface area contributed by atoms with Crippen LogP contribution in [0.5, 0.6) is 0 Å². The van der Waals surface area contributed by atoms with E-state index >= 15 is 0 Å². The first-order valence-electron chi connectivity index (χ1n) is 13.4. The van der Waals surface area contributed by atoms with Gasteiger partial charge in [-0.3, -0.25) is 19.1 Å². The van der Waals surface area contributed by atoms with Crippen LogP contribution in [0.2, 0.25) is 0 Å². The van der Waals surface area contributed by atoms with E-state index < -0.39 is 0 Å². The SMILES string of the molecule is CC1(C(=O)N2CCc3c(c(C(=O)N4CCNC(=O)C4)nn3CCCc3ccccc3)C2)CCCCC1. The number of nitrogens with zero attached hydrogens (tertiary/aromatic N) is 4. The number of carbonyl (C=O) groups is 3. The fourth-order valence-corrected chi connectivity index (χ4v) is 5.99. The molecule has 5 rings (SSSR count). The molecule has 3 heterocycles. The van der Waals surface area contributed by atoms with Crippen LogP contribution in [-0.4, -0.2) is 63.5 Å². The number of benzene rings is 1. The molecule has 1 saturated carbocycles. The highest BCUT2D eigenvalue weighted by molar-refractivity contribution is 5.97. The number of fused-ring (bicyclic) bond motifs is 1. The normalized spacial score (nSPS) is 19.5. The maximum absolute atomic E-state index is 13.6. The summed E-state index contributed by atoms with van der Waals surface area (Å²) in [6, 6.07) is 10.4. The predicted molar refractivity (Wildman–Crippen MR) is 136 cm³/mol. The molecule has 0 spiro atoms. The third-order valence-corrected chi connectivity index (χ3v) is 8.10. The number of aromatic nitrogens is 2. The van der Waals surface area contributed by atoms with Gasteiger partial charge in [-0.15, -0.1) is 0 Å². The second kappa shape index (κ2) is 10.4. The van der Waals surface area contributed by atoms with Crippen molar-refractivity contribution >= 4 is 17.7 Å². The molecule has 0 unspecified atom stereocenters. The van der Waals surface area contributed by atoms with Gasteiger partial charge in [0.25, 0.3) is 5.91 Å². The Labute approximate surface area is 213 Å². The van der Waals surface area contributed by atoms with Gasteiger partial charge in [0.1, 0.15) is 0 Å². The molecule has 2 fully saturated rings. The van der Waals surface area contributed by atoms with E-state index in [4.69, 9.17) is 5.10 Å². The van der Waals surface area contributed by atoms with Crippen molar-refractivity contribution in [2.45, 2.75) is 71.4 Å². The number of carbonyl (C=O) groups excluding carboxylic acids is 3. The molecule has 36 heavy (non-hydrogen) atoms. The van der Waals surface area contributed by atoms with E-state index in [1.54, 1.807) is 4.90 Å². The predicted octanol–water partition coefficient (Wildman–Crippen LogP) is 2.94. The van der Waals surface area contributed by atoms with Gasteiger partial charge in [-0.25, -0.2) is 0 Å². The van der Waals surface area contributed by atoms with Crippen molar-refractivity contribution in [3.05, 3.63) is 52.8 Å². The summed E-state index contributed by atoms with van der Waals surface area (Å²) >= 11 is 0. The zero-order valence-electron chi connectivity index (χ0n) is 21.3. The summed E-state index contributed by atoms with van der Waals surface area (Å²) in [5, 5.41) is 7.58. The van der Waals surface area contributed by atoms with Crippen molar-refractivity contribution in [1.82, 2.24) is 24.9 Å². The summed E-state index contributed by atoms with van der Waals surface area (Å²) in [6.07, 6.45) is 7.81. The Hall–Kier alpha value is -3.16. The molecular formula is C28H37N5O3. The van der Waals surface area contributed by atoms with Gasteiger partial charge in [0.15, 0.2) is 5.69 Å². The molecular weight excluding hydrogens is 454 g/mol. The Balaban J connectivity index is 1.38. The van der Waals surface area contributed by atoms with Gasteiger partial charge in [0.05, 0.1) is 6.54 Å². The Morgan fingerprint density at radius 2 is 1.81 bits per heavy atom. The van der Waals surface area contributed by atoms with Crippen LogP contribution in [0.3, 0.4) is 0 Å². The van der Waals surface area contributed by atoms with Crippen LogP contribution >= 0.6 is 0 Å². The van der Waals surface area contributed by atoms with Crippen LogP contribution in [0.4, 0.5) is 0 Å². The van der Waals surface area contributed by atoms with Crippen LogP contribution in [0.15, 0.2) is 30.3 Å². The highest BCUT2D eigenvalue weighted by Gasteiger charge is 2.40. The summed E-state index contributed by atoms with van der Waals surface area (Å²) in [6.45, 7) is 4.88. The fraction of sp³-hybridized carbons (Fsp3) is 0.571. The number of hydrogen-bond acceptors (Lipinski definition) is 4. The quantitative estimate of drug-likeness (QED) is 0.673. The van der Waals surface area contributed by atoms with E-state index in [0.29, 0.717) is 38.3 Å². The summed E-state index contributed by atoms with van der Waals surface area (Å²) in [4.78, 5) is 42.6. The van der Waals surface area contributed by atoms with E-state index in [2.05, 4.69) is 36.5 Å². The van der Waals surface area contributed by atoms with Crippen molar-refractivity contribution in [2.24, 2.45) is 5.41 Å². The number of hydrogen-bond donors (Lipinski definition) is 1. The lowest BCUT2D eigenvalue weighted by Gasteiger charge is -2.39. The van der Waals surface area contributed by atoms with E-state index in [-0.39, 0.29) is 29.7 Å². The van der Waals surface area contributed by atoms with Crippen molar-refractivity contribution in [3.63, 3.8) is 0 Å². The molecule has 1 saturated heterocycles. The lowest BCUT2D eigenvalue weighted by molar-refractivity contribution is -0.144. The maximum atomic E-state index is 13.6. The maximum Gasteiger partial charge on any atom is 0.275 e. The minimum atomic E-state index is -0.309. The molecule has 8 heteroatoms. The van der Waals surface area contributed by atoms with Crippen LogP contribution in [0.1, 0.15) is 72.8 Å². The zero-order chi connectivity index (χ0) is 25.1. The second-order valence-corrected chi connectivity index (χ2v) is 10.8. The van der Waals surface area contributed by atoms with Crippen molar-refractivity contribution in [2.75, 3.05) is 26.2 Å². The van der Waals surface area contributed by atoms with Crippen LogP contribution < -0.4 is 5.32 Å². The molecule has 1 aliphatic carbocycles. The van der Waals surface area contributed by atoms with Gasteiger partial charge in [-0.2, -0.15) is 5.10 Å². The monoisotopic (exact) mass is 491 g/mol. The lowest BCUT2D eigenvalue weighted by Crippen LogP contribution is -2.50. The summed E-state index contributed by atoms with van der Waals surface area (Å²) in [5.74, 6) is -0.144. The number of aryl methyl sites for hydroxylation is 2. The smallest absolute Gasteiger partial charge is 0.275 e. The van der Waals surface area contributed by atoms with Gasteiger partial charge in [-0.05, 0) is 31.2 Å². The second-order valence-electron chi connectivity index (χ2n) is 10.8. The van der Waals surface area contributed by atoms with Gasteiger partial charge >= 0.3 is 0 Å². The zero-order valence-corrected chi connectivity index (χ0v) is 21.3. The molecule has 192 valence electrons. The first-order valence-corrected chi connectivity index (χ1v) is 13.4. The standard InChI is InChI=1S/C28H37N5O3/c1-28(13-6-3-7-14-28)27(36)32-17-12-23-22(19-32)25(26(35)31-18-15-29-24(34)20-31)30-33(23)16-8-11-21-9-4-2-5-10-21/h2,4-5,9-10H,3,6-8,11-20H2,1H3,(H,29,34). The third-order valence-electron chi connectivity index (χ3n) is 8.10. The molecule has 8 nitrogen and oxygen atoms in total. The van der Waals surface area contributed by atoms with Gasteiger partial charge in [0, 0.05) is 55.8 Å². The first-order chi connectivity index (χ1) is 17.4. The number of amides is 3.